The van der Waals surface area contributed by atoms with Crippen LogP contribution in [0.25, 0.3) is 0 Å². The molecule has 26 heavy (non-hydrogen) atoms. The van der Waals surface area contributed by atoms with E-state index in [1.54, 1.807) is 6.20 Å². The summed E-state index contributed by atoms with van der Waals surface area (Å²) in [6.45, 7) is 2.71. The molecule has 0 saturated carbocycles. The molecular weight excluding hydrogens is 322 g/mol. The van der Waals surface area contributed by atoms with Gasteiger partial charge in [0, 0.05) is 31.5 Å². The second kappa shape index (κ2) is 7.34. The zero-order chi connectivity index (χ0) is 17.9. The van der Waals surface area contributed by atoms with Gasteiger partial charge in [-0.05, 0) is 48.6 Å². The van der Waals surface area contributed by atoms with Gasteiger partial charge in [-0.2, -0.15) is 0 Å². The Kier molecular flexibility index (Phi) is 4.76. The second-order valence-corrected chi connectivity index (χ2v) is 6.99. The summed E-state index contributed by atoms with van der Waals surface area (Å²) >= 11 is 0. The van der Waals surface area contributed by atoms with Crippen molar-refractivity contribution in [2.45, 2.75) is 38.5 Å². The van der Waals surface area contributed by atoms with Crippen LogP contribution in [0, 0.1) is 0 Å². The lowest BCUT2D eigenvalue weighted by Crippen LogP contribution is -2.22. The first-order valence-corrected chi connectivity index (χ1v) is 9.23. The van der Waals surface area contributed by atoms with Crippen LogP contribution in [0.4, 0.5) is 0 Å². The molecule has 1 aliphatic rings. The summed E-state index contributed by atoms with van der Waals surface area (Å²) in [4.78, 5) is 4.28. The van der Waals surface area contributed by atoms with E-state index in [1.165, 1.54) is 29.5 Å². The molecular formula is C22H25N3O. The van der Waals surface area contributed by atoms with E-state index in [4.69, 9.17) is 4.74 Å². The lowest BCUT2D eigenvalue weighted by Gasteiger charge is -2.21. The number of rotatable bonds is 6. The molecule has 134 valence electrons. The Labute approximate surface area is 154 Å². The summed E-state index contributed by atoms with van der Waals surface area (Å²) in [5.41, 5.74) is 4.21. The number of ether oxygens (including phenoxy) is 1. The fraction of sp³-hybridized carbons (Fsp3) is 0.318. The van der Waals surface area contributed by atoms with Gasteiger partial charge in [0.15, 0.2) is 0 Å². The summed E-state index contributed by atoms with van der Waals surface area (Å²) in [7, 11) is 1.98. The van der Waals surface area contributed by atoms with Gasteiger partial charge < -0.3 is 14.6 Å². The topological polar surface area (TPSA) is 39.1 Å². The molecule has 0 aliphatic heterocycles. The highest BCUT2D eigenvalue weighted by Crippen LogP contribution is 2.33. The second-order valence-electron chi connectivity index (χ2n) is 6.99. The number of fused-ring (bicyclic) bond motifs is 1. The van der Waals surface area contributed by atoms with Crippen LogP contribution in [0.1, 0.15) is 47.9 Å². The van der Waals surface area contributed by atoms with Crippen LogP contribution in [-0.4, -0.2) is 9.55 Å². The van der Waals surface area contributed by atoms with Crippen molar-refractivity contribution >= 4 is 0 Å². The quantitative estimate of drug-likeness (QED) is 0.721. The highest BCUT2D eigenvalue weighted by Gasteiger charge is 2.23. The van der Waals surface area contributed by atoms with Crippen LogP contribution < -0.4 is 10.1 Å². The Morgan fingerprint density at radius 3 is 2.77 bits per heavy atom. The van der Waals surface area contributed by atoms with Gasteiger partial charge in [-0.25, -0.2) is 4.98 Å². The predicted molar refractivity (Wildman–Crippen MR) is 103 cm³/mol. The van der Waals surface area contributed by atoms with E-state index in [9.17, 15) is 0 Å². The molecule has 4 nitrogen and oxygen atoms in total. The molecule has 2 atom stereocenters. The number of nitrogens with one attached hydrogen (secondary N) is 1. The van der Waals surface area contributed by atoms with Crippen molar-refractivity contribution in [2.24, 2.45) is 7.05 Å². The third-order valence-corrected chi connectivity index (χ3v) is 5.25. The van der Waals surface area contributed by atoms with Gasteiger partial charge in [0.1, 0.15) is 18.2 Å². The summed E-state index contributed by atoms with van der Waals surface area (Å²) in [5.74, 6) is 1.79. The van der Waals surface area contributed by atoms with Crippen molar-refractivity contribution in [2.75, 3.05) is 0 Å². The zero-order valence-corrected chi connectivity index (χ0v) is 15.4. The van der Waals surface area contributed by atoms with Gasteiger partial charge in [0.05, 0.1) is 0 Å². The van der Waals surface area contributed by atoms with Gasteiger partial charge in [-0.3, -0.25) is 0 Å². The molecule has 0 fully saturated rings. The lowest BCUT2D eigenvalue weighted by atomic mass is 10.0. The van der Waals surface area contributed by atoms with E-state index in [-0.39, 0.29) is 0 Å². The number of hydrogen-bond donors (Lipinski definition) is 1. The molecule has 0 bridgehead atoms. The molecule has 0 unspecified atom stereocenters. The molecule has 4 rings (SSSR count). The number of imidazole rings is 1. The maximum absolute atomic E-state index is 5.84. The summed E-state index contributed by atoms with van der Waals surface area (Å²) in [6.07, 6.45) is 6.06. The fourth-order valence-corrected chi connectivity index (χ4v) is 3.66. The first kappa shape index (κ1) is 16.9. The monoisotopic (exact) mass is 347 g/mol. The molecule has 3 aromatic rings. The van der Waals surface area contributed by atoms with Crippen LogP contribution in [0.3, 0.4) is 0 Å². The van der Waals surface area contributed by atoms with Crippen molar-refractivity contribution in [3.63, 3.8) is 0 Å². The normalized spacial score (nSPS) is 17.1. The van der Waals surface area contributed by atoms with Crippen molar-refractivity contribution < 1.29 is 4.74 Å². The lowest BCUT2D eigenvalue weighted by molar-refractivity contribution is 0.291. The molecule has 2 aromatic carbocycles. The van der Waals surface area contributed by atoms with Crippen molar-refractivity contribution in [3.8, 4) is 5.75 Å². The van der Waals surface area contributed by atoms with E-state index in [0.29, 0.717) is 18.7 Å². The smallest absolute Gasteiger partial charge is 0.146 e. The molecule has 0 saturated heterocycles. The molecule has 4 heteroatoms. The van der Waals surface area contributed by atoms with Gasteiger partial charge in [-0.15, -0.1) is 0 Å². The number of aryl methyl sites for hydroxylation is 2. The van der Waals surface area contributed by atoms with Crippen LogP contribution in [0.5, 0.6) is 5.75 Å². The van der Waals surface area contributed by atoms with Gasteiger partial charge in [-0.1, -0.05) is 36.4 Å². The van der Waals surface area contributed by atoms with Gasteiger partial charge in [0.2, 0.25) is 0 Å². The third-order valence-electron chi connectivity index (χ3n) is 5.25. The van der Waals surface area contributed by atoms with E-state index in [1.807, 2.05) is 29.9 Å². The SMILES string of the molecule is C[C@@H](N[C@@H]1CCc2ccccc21)c1ccc(OCc2nccn2C)cc1. The Bertz CT molecular complexity index is 869. The minimum absolute atomic E-state index is 0.301. The van der Waals surface area contributed by atoms with Gasteiger partial charge >= 0.3 is 0 Å². The average molecular weight is 347 g/mol. The minimum Gasteiger partial charge on any atom is -0.486 e. The molecule has 0 spiro atoms. The fourth-order valence-electron chi connectivity index (χ4n) is 3.66. The van der Waals surface area contributed by atoms with Crippen molar-refractivity contribution in [1.29, 1.82) is 0 Å². The maximum atomic E-state index is 5.84. The van der Waals surface area contributed by atoms with Crippen molar-refractivity contribution in [1.82, 2.24) is 14.9 Å². The van der Waals surface area contributed by atoms with Crippen LogP contribution in [0.2, 0.25) is 0 Å². The molecule has 0 amide bonds. The summed E-state index contributed by atoms with van der Waals surface area (Å²) in [6, 6.07) is 17.9. The Morgan fingerprint density at radius 1 is 1.19 bits per heavy atom. The van der Waals surface area contributed by atoms with E-state index in [2.05, 4.69) is 53.6 Å². The molecule has 1 aromatic heterocycles. The standard InChI is InChI=1S/C22H25N3O/c1-16(24-21-12-9-18-5-3-4-6-20(18)21)17-7-10-19(11-8-17)26-15-22-23-13-14-25(22)2/h3-8,10-11,13-14,16,21,24H,9,12,15H2,1-2H3/t16-,21-/m1/s1. The summed E-state index contributed by atoms with van der Waals surface area (Å²) < 4.78 is 7.81. The zero-order valence-electron chi connectivity index (χ0n) is 15.4. The van der Waals surface area contributed by atoms with E-state index in [0.717, 1.165) is 11.6 Å². The first-order valence-electron chi connectivity index (χ1n) is 9.23. The number of benzene rings is 2. The average Bonchev–Trinajstić information content (AvgIpc) is 3.27. The van der Waals surface area contributed by atoms with Crippen LogP contribution >= 0.6 is 0 Å². The number of hydrogen-bond acceptors (Lipinski definition) is 3. The Morgan fingerprint density at radius 2 is 2.00 bits per heavy atom. The minimum atomic E-state index is 0.301. The highest BCUT2D eigenvalue weighted by atomic mass is 16.5. The van der Waals surface area contributed by atoms with Gasteiger partial charge in [0.25, 0.3) is 0 Å². The highest BCUT2D eigenvalue weighted by molar-refractivity contribution is 5.35. The molecule has 1 aliphatic carbocycles. The number of nitrogens with zero attached hydrogens (tertiary/aromatic N) is 2. The third kappa shape index (κ3) is 3.51. The molecule has 1 heterocycles. The molecule has 1 N–H and O–H groups in total. The van der Waals surface area contributed by atoms with Crippen LogP contribution in [-0.2, 0) is 20.1 Å². The van der Waals surface area contributed by atoms with Crippen LogP contribution in [0.15, 0.2) is 60.9 Å². The molecule has 0 radical (unpaired) electrons. The van der Waals surface area contributed by atoms with E-state index >= 15 is 0 Å². The maximum Gasteiger partial charge on any atom is 0.146 e. The predicted octanol–water partition coefficient (Wildman–Crippen LogP) is 4.34. The van der Waals surface area contributed by atoms with Crippen molar-refractivity contribution in [3.05, 3.63) is 83.4 Å². The largest absolute Gasteiger partial charge is 0.486 e. The summed E-state index contributed by atoms with van der Waals surface area (Å²) in [5, 5.41) is 3.78. The Hall–Kier alpha value is -2.59. The van der Waals surface area contributed by atoms with E-state index < -0.39 is 0 Å². The Balaban J connectivity index is 1.37. The number of aromatic nitrogens is 2. The first-order chi connectivity index (χ1) is 12.7.